The number of anilines is 6. The summed E-state index contributed by atoms with van der Waals surface area (Å²) in [6.45, 7) is 2.22. The number of carbonyl (C=O) groups is 1. The number of hydrogen-bond acceptors (Lipinski definition) is 10. The van der Waals surface area contributed by atoms with E-state index in [-0.39, 0.29) is 5.97 Å². The Bertz CT molecular complexity index is 3450. The minimum atomic E-state index is -0.200. The van der Waals surface area contributed by atoms with Crippen LogP contribution >= 0.6 is 45.3 Å². The van der Waals surface area contributed by atoms with Crippen LogP contribution in [0.1, 0.15) is 30.9 Å². The first-order chi connectivity index (χ1) is 34.0. The molecule has 0 saturated heterocycles. The molecule has 0 amide bonds. The van der Waals surface area contributed by atoms with E-state index in [2.05, 4.69) is 205 Å². The zero-order valence-corrected chi connectivity index (χ0v) is 41.3. The number of hydrogen-bond donors (Lipinski definition) is 0. The number of esters is 1. The van der Waals surface area contributed by atoms with Gasteiger partial charge in [0.1, 0.15) is 10.0 Å². The second-order valence-corrected chi connectivity index (χ2v) is 21.0. The van der Waals surface area contributed by atoms with Crippen molar-refractivity contribution in [2.45, 2.75) is 32.6 Å². The molecule has 10 heteroatoms. The van der Waals surface area contributed by atoms with E-state index >= 15 is 0 Å². The van der Waals surface area contributed by atoms with E-state index in [4.69, 9.17) is 14.7 Å². The molecule has 11 rings (SSSR count). The second-order valence-electron chi connectivity index (χ2n) is 16.7. The molecule has 0 bridgehead atoms. The summed E-state index contributed by atoms with van der Waals surface area (Å²) in [4.78, 5) is 31.3. The van der Waals surface area contributed by atoms with Crippen molar-refractivity contribution in [2.75, 3.05) is 16.9 Å². The zero-order valence-electron chi connectivity index (χ0n) is 38.0. The van der Waals surface area contributed by atoms with Crippen LogP contribution in [0.4, 0.5) is 34.1 Å². The highest BCUT2D eigenvalue weighted by Gasteiger charge is 2.18. The van der Waals surface area contributed by atoms with Crippen LogP contribution in [0.15, 0.2) is 194 Å². The fourth-order valence-electron chi connectivity index (χ4n) is 8.63. The quantitative estimate of drug-likeness (QED) is 0.0954. The van der Waals surface area contributed by atoms with Crippen LogP contribution in [0.25, 0.3) is 61.1 Å². The maximum Gasteiger partial charge on any atom is 0.305 e. The third-order valence-electron chi connectivity index (χ3n) is 12.2. The molecule has 0 saturated carbocycles. The molecular weight excluding hydrogens is 925 g/mol. The number of nitrogens with zero attached hydrogens (tertiary/aromatic N) is 4. The number of benzene rings is 7. The Hall–Kier alpha value is -7.21. The Morgan fingerprint density at radius 3 is 1.23 bits per heavy atom. The summed E-state index contributed by atoms with van der Waals surface area (Å²) in [6.07, 6.45) is 3.23. The van der Waals surface area contributed by atoms with E-state index in [1.165, 1.54) is 32.9 Å². The lowest BCUT2D eigenvalue weighted by molar-refractivity contribution is -0.140. The van der Waals surface area contributed by atoms with E-state index in [1.54, 1.807) is 45.3 Å². The molecule has 338 valence electrons. The normalized spacial score (nSPS) is 11.3. The lowest BCUT2D eigenvalue weighted by Crippen LogP contribution is -2.10. The Morgan fingerprint density at radius 2 is 0.826 bits per heavy atom. The van der Waals surface area contributed by atoms with Crippen LogP contribution in [0.3, 0.4) is 0 Å². The Labute approximate surface area is 418 Å². The number of aromatic nitrogens is 2. The standard InChI is InChI=1S/C59H46N4O2S4/c1-3-10-39-15-24-45(25-16-39)62(43-11-6-4-7-12-43)47-28-20-41(21-29-47)51-32-34-53(66-51)58-60-49-37-56-50(38-55(49)68-58)61-59(69-56)54-35-33-52(67-54)42-22-30-48(31-23-42)63(44-13-8-5-9-14-44)46-26-17-40(18-27-46)19-36-57(64)65-2/h4-9,11-18,20-35,37-38H,3,10,19,36H2,1-2H3. The summed E-state index contributed by atoms with van der Waals surface area (Å²) in [5.41, 5.74) is 13.4. The number of para-hydroxylation sites is 2. The van der Waals surface area contributed by atoms with E-state index in [0.29, 0.717) is 12.8 Å². The van der Waals surface area contributed by atoms with Gasteiger partial charge in [-0.25, -0.2) is 9.97 Å². The molecule has 11 aromatic rings. The van der Waals surface area contributed by atoms with Crippen LogP contribution in [-0.2, 0) is 22.4 Å². The minimum Gasteiger partial charge on any atom is -0.469 e. The minimum absolute atomic E-state index is 0.200. The van der Waals surface area contributed by atoms with Crippen molar-refractivity contribution in [1.29, 1.82) is 0 Å². The van der Waals surface area contributed by atoms with Gasteiger partial charge in [0.05, 0.1) is 37.3 Å². The van der Waals surface area contributed by atoms with Crippen LogP contribution in [0.5, 0.6) is 0 Å². The lowest BCUT2D eigenvalue weighted by atomic mass is 10.1. The van der Waals surface area contributed by atoms with Gasteiger partial charge in [-0.2, -0.15) is 0 Å². The molecule has 6 nitrogen and oxygen atoms in total. The van der Waals surface area contributed by atoms with Crippen molar-refractivity contribution in [3.05, 3.63) is 205 Å². The van der Waals surface area contributed by atoms with Crippen LogP contribution in [0.2, 0.25) is 0 Å². The maximum absolute atomic E-state index is 11.7. The number of thiazole rings is 2. The zero-order chi connectivity index (χ0) is 46.7. The number of methoxy groups -OCH3 is 1. The van der Waals surface area contributed by atoms with Gasteiger partial charge in [0.25, 0.3) is 0 Å². The largest absolute Gasteiger partial charge is 0.469 e. The van der Waals surface area contributed by atoms with E-state index in [9.17, 15) is 4.79 Å². The molecule has 0 N–H and O–H groups in total. The fourth-order valence-corrected chi connectivity index (χ4v) is 12.7. The number of aryl methyl sites for hydroxylation is 2. The molecule has 0 unspecified atom stereocenters. The summed E-state index contributed by atoms with van der Waals surface area (Å²) in [5.74, 6) is -0.200. The van der Waals surface area contributed by atoms with E-state index in [0.717, 1.165) is 93.4 Å². The molecule has 0 aliphatic carbocycles. The van der Waals surface area contributed by atoms with Crippen molar-refractivity contribution in [3.8, 4) is 40.7 Å². The summed E-state index contributed by atoms with van der Waals surface area (Å²) in [5, 5.41) is 2.05. The Morgan fingerprint density at radius 1 is 0.449 bits per heavy atom. The monoisotopic (exact) mass is 970 g/mol. The number of carbonyl (C=O) groups excluding carboxylic acids is 1. The molecule has 69 heavy (non-hydrogen) atoms. The predicted molar refractivity (Wildman–Crippen MR) is 294 cm³/mol. The van der Waals surface area contributed by atoms with E-state index < -0.39 is 0 Å². The number of thiophene rings is 2. The van der Waals surface area contributed by atoms with Crippen molar-refractivity contribution < 1.29 is 9.53 Å². The van der Waals surface area contributed by atoms with Gasteiger partial charge < -0.3 is 14.5 Å². The van der Waals surface area contributed by atoms with Crippen molar-refractivity contribution in [2.24, 2.45) is 0 Å². The first kappa shape index (κ1) is 44.3. The number of fused-ring (bicyclic) bond motifs is 2. The van der Waals surface area contributed by atoms with Gasteiger partial charge in [0, 0.05) is 50.3 Å². The highest BCUT2D eigenvalue weighted by Crippen LogP contribution is 2.44. The van der Waals surface area contributed by atoms with Gasteiger partial charge >= 0.3 is 5.97 Å². The van der Waals surface area contributed by atoms with Crippen molar-refractivity contribution in [1.82, 2.24) is 9.97 Å². The third-order valence-corrected chi connectivity index (χ3v) is 16.8. The highest BCUT2D eigenvalue weighted by atomic mass is 32.1. The average molecular weight is 971 g/mol. The van der Waals surface area contributed by atoms with Crippen LogP contribution in [0, 0.1) is 0 Å². The van der Waals surface area contributed by atoms with Crippen LogP contribution in [-0.4, -0.2) is 23.0 Å². The summed E-state index contributed by atoms with van der Waals surface area (Å²) in [7, 11) is 1.43. The molecule has 0 atom stereocenters. The van der Waals surface area contributed by atoms with Gasteiger partial charge in [-0.05, 0) is 144 Å². The number of ether oxygens (including phenoxy) is 1. The smallest absolute Gasteiger partial charge is 0.305 e. The van der Waals surface area contributed by atoms with Crippen molar-refractivity contribution in [3.63, 3.8) is 0 Å². The molecule has 0 aliphatic heterocycles. The Balaban J connectivity index is 0.791. The molecular formula is C59H46N4O2S4. The SMILES string of the molecule is CCCc1ccc(N(c2ccccc2)c2ccc(-c3ccc(-c4nc5cc6sc(-c7ccc(-c8ccc(N(c9ccccc9)c9ccc(CCC(=O)OC)cc9)cc8)s7)nc6cc5s4)s3)cc2)cc1. The highest BCUT2D eigenvalue weighted by molar-refractivity contribution is 7.28. The summed E-state index contributed by atoms with van der Waals surface area (Å²) >= 11 is 7.01. The molecule has 0 spiro atoms. The summed E-state index contributed by atoms with van der Waals surface area (Å²) in [6, 6.07) is 69.2. The predicted octanol–water partition coefficient (Wildman–Crippen LogP) is 17.7. The molecule has 0 fully saturated rings. The van der Waals surface area contributed by atoms with Gasteiger partial charge in [0.2, 0.25) is 0 Å². The molecule has 7 aromatic carbocycles. The molecule has 4 aromatic heterocycles. The fraction of sp³-hybridized carbons (Fsp3) is 0.102. The van der Waals surface area contributed by atoms with Crippen molar-refractivity contribution >= 4 is 106 Å². The third kappa shape index (κ3) is 9.49. The van der Waals surface area contributed by atoms with E-state index in [1.807, 2.05) is 6.07 Å². The second kappa shape index (κ2) is 19.8. The summed E-state index contributed by atoms with van der Waals surface area (Å²) < 4.78 is 7.12. The molecule has 0 radical (unpaired) electrons. The lowest BCUT2D eigenvalue weighted by Gasteiger charge is -2.25. The van der Waals surface area contributed by atoms with Gasteiger partial charge in [-0.3, -0.25) is 4.79 Å². The topological polar surface area (TPSA) is 58.6 Å². The maximum atomic E-state index is 11.7. The first-order valence-corrected chi connectivity index (χ1v) is 26.3. The molecule has 4 heterocycles. The Kier molecular flexibility index (Phi) is 12.7. The van der Waals surface area contributed by atoms with Crippen LogP contribution < -0.4 is 9.80 Å². The average Bonchev–Trinajstić information content (AvgIpc) is 4.24. The van der Waals surface area contributed by atoms with Gasteiger partial charge in [-0.15, -0.1) is 45.3 Å². The molecule has 0 aliphatic rings. The van der Waals surface area contributed by atoms with Gasteiger partial charge in [0.15, 0.2) is 0 Å². The van der Waals surface area contributed by atoms with Gasteiger partial charge in [-0.1, -0.05) is 98.3 Å². The number of rotatable bonds is 15. The first-order valence-electron chi connectivity index (χ1n) is 23.0.